The van der Waals surface area contributed by atoms with E-state index < -0.39 is 15.6 Å². The molecule has 6 nitrogen and oxygen atoms in total. The van der Waals surface area contributed by atoms with Crippen LogP contribution in [0.2, 0.25) is 5.02 Å². The summed E-state index contributed by atoms with van der Waals surface area (Å²) < 4.78 is 25.6. The lowest BCUT2D eigenvalue weighted by Crippen LogP contribution is -2.60. The summed E-state index contributed by atoms with van der Waals surface area (Å²) in [5.74, 6) is -0.322. The van der Waals surface area contributed by atoms with Crippen LogP contribution in [0.15, 0.2) is 24.5 Å². The van der Waals surface area contributed by atoms with E-state index in [1.165, 1.54) is 18.4 Å². The van der Waals surface area contributed by atoms with Crippen molar-refractivity contribution in [3.63, 3.8) is 0 Å². The van der Waals surface area contributed by atoms with Crippen LogP contribution in [0, 0.1) is 12.3 Å². The van der Waals surface area contributed by atoms with E-state index in [9.17, 15) is 8.42 Å². The molecule has 0 radical (unpaired) electrons. The number of aromatic nitrogens is 1. The Balaban J connectivity index is 2.06. The van der Waals surface area contributed by atoms with Crippen molar-refractivity contribution in [2.24, 2.45) is 0 Å². The third kappa shape index (κ3) is 2.89. The Morgan fingerprint density at radius 1 is 1.42 bits per heavy atom. The summed E-state index contributed by atoms with van der Waals surface area (Å²) in [5, 5.41) is 11.4. The summed E-state index contributed by atoms with van der Waals surface area (Å²) >= 11 is 7.82. The molecule has 2 aromatic heterocycles. The zero-order valence-electron chi connectivity index (χ0n) is 13.4. The van der Waals surface area contributed by atoms with Crippen LogP contribution in [0.1, 0.15) is 17.4 Å². The van der Waals surface area contributed by atoms with Crippen molar-refractivity contribution in [3.8, 4) is 10.4 Å². The van der Waals surface area contributed by atoms with Crippen molar-refractivity contribution in [1.29, 1.82) is 5.41 Å². The first-order chi connectivity index (χ1) is 11.1. The number of nitrogens with one attached hydrogen (secondary N) is 2. The second-order valence-corrected chi connectivity index (χ2v) is 9.53. The number of guanidine groups is 1. The summed E-state index contributed by atoms with van der Waals surface area (Å²) in [4.78, 5) is 5.80. The van der Waals surface area contributed by atoms with Crippen molar-refractivity contribution in [2.45, 2.75) is 19.4 Å². The van der Waals surface area contributed by atoms with Gasteiger partial charge in [0.05, 0.1) is 21.2 Å². The zero-order valence-corrected chi connectivity index (χ0v) is 15.8. The summed E-state index contributed by atoms with van der Waals surface area (Å²) in [6, 6.07) is 3.82. The third-order valence-corrected chi connectivity index (χ3v) is 7.76. The second kappa shape index (κ2) is 5.72. The molecule has 0 aliphatic carbocycles. The molecule has 1 fully saturated rings. The minimum Gasteiger partial charge on any atom is -0.344 e. The lowest BCUT2D eigenvalue weighted by atomic mass is 10.0. The summed E-state index contributed by atoms with van der Waals surface area (Å²) in [6.07, 6.45) is 3.52. The number of nitrogens with zero attached hydrogens (tertiary/aromatic N) is 2. The molecule has 2 N–H and O–H groups in total. The van der Waals surface area contributed by atoms with Crippen molar-refractivity contribution in [3.05, 3.63) is 40.0 Å². The van der Waals surface area contributed by atoms with Crippen molar-refractivity contribution in [2.75, 3.05) is 12.8 Å². The van der Waals surface area contributed by atoms with Gasteiger partial charge in [0.15, 0.2) is 0 Å². The number of halogens is 1. The standard InChI is InChI=1S/C15H17ClN4O2S2/c1-9-4-10(7-18-6-9)12-5-11(16)13(23-12)15(2)8-24(21,22)20(3)14(17)19-15/h4-7H,8H2,1-3H3,(H2,17,19)/t15-/m0/s1. The molecular weight excluding hydrogens is 368 g/mol. The van der Waals surface area contributed by atoms with Crippen LogP contribution < -0.4 is 5.32 Å². The van der Waals surface area contributed by atoms with Crippen molar-refractivity contribution < 1.29 is 8.42 Å². The van der Waals surface area contributed by atoms with Crippen LogP contribution in [0.25, 0.3) is 10.4 Å². The van der Waals surface area contributed by atoms with Crippen LogP contribution >= 0.6 is 22.9 Å². The highest BCUT2D eigenvalue weighted by molar-refractivity contribution is 7.89. The molecule has 0 bridgehead atoms. The van der Waals surface area contributed by atoms with Crippen molar-refractivity contribution >= 4 is 38.9 Å². The van der Waals surface area contributed by atoms with E-state index in [0.29, 0.717) is 9.90 Å². The highest BCUT2D eigenvalue weighted by Crippen LogP contribution is 2.42. The Morgan fingerprint density at radius 3 is 2.75 bits per heavy atom. The van der Waals surface area contributed by atoms with Gasteiger partial charge < -0.3 is 5.32 Å². The quantitative estimate of drug-likeness (QED) is 0.833. The van der Waals surface area contributed by atoms with E-state index in [2.05, 4.69) is 10.3 Å². The van der Waals surface area contributed by atoms with Gasteiger partial charge in [0.25, 0.3) is 0 Å². The van der Waals surface area contributed by atoms with Gasteiger partial charge in [-0.05, 0) is 31.5 Å². The number of sulfonamides is 1. The molecule has 1 aliphatic heterocycles. The van der Waals surface area contributed by atoms with Gasteiger partial charge in [-0.2, -0.15) is 0 Å². The maximum Gasteiger partial charge on any atom is 0.239 e. The van der Waals surface area contributed by atoms with Gasteiger partial charge >= 0.3 is 0 Å². The summed E-state index contributed by atoms with van der Waals surface area (Å²) in [7, 11) is -2.20. The predicted octanol–water partition coefficient (Wildman–Crippen LogP) is 2.79. The average Bonchev–Trinajstić information content (AvgIpc) is 2.87. The van der Waals surface area contributed by atoms with Gasteiger partial charge in [0.2, 0.25) is 16.0 Å². The molecule has 2 aromatic rings. The summed E-state index contributed by atoms with van der Waals surface area (Å²) in [6.45, 7) is 3.71. The monoisotopic (exact) mass is 384 g/mol. The molecule has 1 saturated heterocycles. The Labute approximate surface area is 150 Å². The third-order valence-electron chi connectivity index (χ3n) is 3.94. The van der Waals surface area contributed by atoms with E-state index in [1.807, 2.05) is 19.1 Å². The van der Waals surface area contributed by atoms with Gasteiger partial charge in [-0.15, -0.1) is 11.3 Å². The molecule has 24 heavy (non-hydrogen) atoms. The fraction of sp³-hybridized carbons (Fsp3) is 0.333. The van der Waals surface area contributed by atoms with Crippen molar-refractivity contribution in [1.82, 2.24) is 14.6 Å². The molecule has 9 heteroatoms. The van der Waals surface area contributed by atoms with Gasteiger partial charge in [0.1, 0.15) is 0 Å². The molecule has 1 atom stereocenters. The average molecular weight is 385 g/mol. The molecule has 3 rings (SSSR count). The van der Waals surface area contributed by atoms with E-state index in [-0.39, 0.29) is 11.7 Å². The van der Waals surface area contributed by atoms with E-state index in [0.717, 1.165) is 20.3 Å². The first-order valence-electron chi connectivity index (χ1n) is 7.17. The Kier molecular flexibility index (Phi) is 4.09. The fourth-order valence-corrected chi connectivity index (χ4v) is 5.86. The maximum absolute atomic E-state index is 12.3. The van der Waals surface area contributed by atoms with E-state index in [4.69, 9.17) is 17.0 Å². The molecule has 0 unspecified atom stereocenters. The minimum absolute atomic E-state index is 0.160. The fourth-order valence-electron chi connectivity index (χ4n) is 2.68. The molecule has 128 valence electrons. The lowest BCUT2D eigenvalue weighted by molar-refractivity contribution is 0.424. The van der Waals surface area contributed by atoms with Crippen LogP contribution in [0.4, 0.5) is 0 Å². The number of rotatable bonds is 2. The van der Waals surface area contributed by atoms with E-state index >= 15 is 0 Å². The minimum atomic E-state index is -3.56. The lowest BCUT2D eigenvalue weighted by Gasteiger charge is -2.39. The normalized spacial score (nSPS) is 23.2. The van der Waals surface area contributed by atoms with Crippen LogP contribution in [-0.4, -0.2) is 36.5 Å². The van der Waals surface area contributed by atoms with Crippen LogP contribution in [0.5, 0.6) is 0 Å². The molecule has 0 spiro atoms. The highest BCUT2D eigenvalue weighted by Gasteiger charge is 2.43. The molecule has 3 heterocycles. The number of thiophene rings is 1. The van der Waals surface area contributed by atoms with Crippen LogP contribution in [-0.2, 0) is 15.6 Å². The Bertz CT molecular complexity index is 925. The largest absolute Gasteiger partial charge is 0.344 e. The number of aryl methyl sites for hydroxylation is 1. The Morgan fingerprint density at radius 2 is 2.12 bits per heavy atom. The molecule has 1 aliphatic rings. The first kappa shape index (κ1) is 17.2. The predicted molar refractivity (Wildman–Crippen MR) is 97.1 cm³/mol. The highest BCUT2D eigenvalue weighted by atomic mass is 35.5. The van der Waals surface area contributed by atoms with Crippen LogP contribution in [0.3, 0.4) is 0 Å². The SMILES string of the molecule is Cc1cncc(-c2cc(Cl)c([C@]3(C)CS(=O)(=O)N(C)C(=N)N3)s2)c1. The molecule has 0 amide bonds. The topological polar surface area (TPSA) is 86.2 Å². The second-order valence-electron chi connectivity index (χ2n) is 6.07. The van der Waals surface area contributed by atoms with Gasteiger partial charge in [0, 0.05) is 29.9 Å². The molecule has 0 saturated carbocycles. The smallest absolute Gasteiger partial charge is 0.239 e. The van der Waals surface area contributed by atoms with Gasteiger partial charge in [-0.25, -0.2) is 12.7 Å². The van der Waals surface area contributed by atoms with Gasteiger partial charge in [-0.3, -0.25) is 10.4 Å². The molecular formula is C15H17ClN4O2S2. The zero-order chi connectivity index (χ0) is 17.7. The van der Waals surface area contributed by atoms with E-state index in [1.54, 1.807) is 19.3 Å². The van der Waals surface area contributed by atoms with Gasteiger partial charge in [-0.1, -0.05) is 11.6 Å². The number of hydrogen-bond donors (Lipinski definition) is 2. The molecule has 0 aromatic carbocycles. The Hall–Kier alpha value is -1.64. The number of pyridine rings is 1. The maximum atomic E-state index is 12.3. The first-order valence-corrected chi connectivity index (χ1v) is 9.98. The summed E-state index contributed by atoms with van der Waals surface area (Å²) in [5.41, 5.74) is 1.02. The number of hydrogen-bond acceptors (Lipinski definition) is 5.